The fraction of sp³-hybridized carbons (Fsp3) is 0.692. The molecule has 0 saturated heterocycles. The molecular formula is C13H23N. The van der Waals surface area contributed by atoms with Crippen molar-refractivity contribution < 1.29 is 0 Å². The second-order valence-corrected chi connectivity index (χ2v) is 4.75. The lowest BCUT2D eigenvalue weighted by atomic mass is 9.93. The van der Waals surface area contributed by atoms with E-state index in [-0.39, 0.29) is 0 Å². The normalized spacial score (nSPS) is 27.8. The Morgan fingerprint density at radius 3 is 2.64 bits per heavy atom. The topological polar surface area (TPSA) is 3.24 Å². The SMILES string of the molecule is CC(C)=C1C(C)C/C(C)=C/CCN1C. The summed E-state index contributed by atoms with van der Waals surface area (Å²) >= 11 is 0. The minimum absolute atomic E-state index is 0.668. The lowest BCUT2D eigenvalue weighted by molar-refractivity contribution is 0.357. The van der Waals surface area contributed by atoms with Crippen LogP contribution in [0, 0.1) is 5.92 Å². The van der Waals surface area contributed by atoms with Gasteiger partial charge in [-0.3, -0.25) is 0 Å². The van der Waals surface area contributed by atoms with E-state index >= 15 is 0 Å². The van der Waals surface area contributed by atoms with Gasteiger partial charge in [-0.25, -0.2) is 0 Å². The molecule has 1 atom stereocenters. The molecule has 1 unspecified atom stereocenters. The van der Waals surface area contributed by atoms with Crippen LogP contribution in [0.2, 0.25) is 0 Å². The van der Waals surface area contributed by atoms with E-state index in [1.54, 1.807) is 5.57 Å². The molecule has 0 bridgehead atoms. The molecule has 0 aromatic rings. The lowest BCUT2D eigenvalue weighted by Crippen LogP contribution is -2.25. The van der Waals surface area contributed by atoms with Crippen molar-refractivity contribution in [1.82, 2.24) is 4.90 Å². The van der Waals surface area contributed by atoms with Gasteiger partial charge < -0.3 is 4.90 Å². The Bertz CT molecular complexity index is 256. The Morgan fingerprint density at radius 1 is 1.43 bits per heavy atom. The van der Waals surface area contributed by atoms with Crippen molar-refractivity contribution in [3.8, 4) is 0 Å². The molecule has 0 saturated carbocycles. The summed E-state index contributed by atoms with van der Waals surface area (Å²) < 4.78 is 0. The van der Waals surface area contributed by atoms with Crippen molar-refractivity contribution in [3.05, 3.63) is 22.9 Å². The maximum atomic E-state index is 2.42. The predicted octanol–water partition coefficient (Wildman–Crippen LogP) is 3.59. The summed E-state index contributed by atoms with van der Waals surface area (Å²) in [5.74, 6) is 0.668. The molecule has 80 valence electrons. The van der Waals surface area contributed by atoms with E-state index in [9.17, 15) is 0 Å². The molecule has 1 heterocycles. The molecule has 0 spiro atoms. The Labute approximate surface area is 88.5 Å². The molecule has 0 N–H and O–H groups in total. The first-order valence-corrected chi connectivity index (χ1v) is 5.56. The van der Waals surface area contributed by atoms with E-state index in [0.717, 1.165) is 6.54 Å². The fourth-order valence-corrected chi connectivity index (χ4v) is 2.54. The minimum atomic E-state index is 0.668. The summed E-state index contributed by atoms with van der Waals surface area (Å²) in [6.07, 6.45) is 4.78. The second-order valence-electron chi connectivity index (χ2n) is 4.75. The Kier molecular flexibility index (Phi) is 3.79. The third-order valence-electron chi connectivity index (χ3n) is 2.98. The molecule has 14 heavy (non-hydrogen) atoms. The van der Waals surface area contributed by atoms with Crippen molar-refractivity contribution in [2.45, 2.75) is 40.5 Å². The fourth-order valence-electron chi connectivity index (χ4n) is 2.54. The molecular weight excluding hydrogens is 170 g/mol. The zero-order valence-electron chi connectivity index (χ0n) is 10.2. The van der Waals surface area contributed by atoms with Crippen molar-refractivity contribution in [2.75, 3.05) is 13.6 Å². The summed E-state index contributed by atoms with van der Waals surface area (Å²) in [5, 5.41) is 0. The second kappa shape index (κ2) is 4.68. The molecule has 0 radical (unpaired) electrons. The van der Waals surface area contributed by atoms with Gasteiger partial charge in [0.05, 0.1) is 0 Å². The van der Waals surface area contributed by atoms with Gasteiger partial charge in [-0.15, -0.1) is 0 Å². The van der Waals surface area contributed by atoms with Crippen LogP contribution in [0.25, 0.3) is 0 Å². The Hall–Kier alpha value is -0.720. The lowest BCUT2D eigenvalue weighted by Gasteiger charge is -2.31. The van der Waals surface area contributed by atoms with Gasteiger partial charge in [0.2, 0.25) is 0 Å². The van der Waals surface area contributed by atoms with E-state index in [1.165, 1.54) is 24.1 Å². The zero-order chi connectivity index (χ0) is 10.7. The van der Waals surface area contributed by atoms with E-state index < -0.39 is 0 Å². The average molecular weight is 193 g/mol. The van der Waals surface area contributed by atoms with Gasteiger partial charge in [-0.05, 0) is 39.5 Å². The van der Waals surface area contributed by atoms with Crippen LogP contribution in [0.4, 0.5) is 0 Å². The first kappa shape index (κ1) is 11.4. The van der Waals surface area contributed by atoms with Crippen LogP contribution in [0.1, 0.15) is 40.5 Å². The third kappa shape index (κ3) is 2.63. The average Bonchev–Trinajstić information content (AvgIpc) is 2.00. The number of nitrogens with zero attached hydrogens (tertiary/aromatic N) is 1. The van der Waals surface area contributed by atoms with Gasteiger partial charge in [0.25, 0.3) is 0 Å². The van der Waals surface area contributed by atoms with Crippen LogP contribution >= 0.6 is 0 Å². The molecule has 0 aliphatic carbocycles. The highest BCUT2D eigenvalue weighted by Gasteiger charge is 2.16. The van der Waals surface area contributed by atoms with Gasteiger partial charge in [0.15, 0.2) is 0 Å². The standard InChI is InChI=1S/C13H23N/c1-10(2)13-12(4)9-11(3)7-6-8-14(13)5/h7,12H,6,8-9H2,1-5H3/b11-7+. The van der Waals surface area contributed by atoms with Gasteiger partial charge in [0, 0.05) is 19.3 Å². The number of allylic oxidation sites excluding steroid dienone is 3. The summed E-state index contributed by atoms with van der Waals surface area (Å²) in [6, 6.07) is 0. The van der Waals surface area contributed by atoms with E-state index in [2.05, 4.69) is 45.7 Å². The highest BCUT2D eigenvalue weighted by atomic mass is 15.1. The van der Waals surface area contributed by atoms with Crippen LogP contribution in [-0.2, 0) is 0 Å². The maximum Gasteiger partial charge on any atom is 0.0206 e. The summed E-state index contributed by atoms with van der Waals surface area (Å²) in [5.41, 5.74) is 4.55. The van der Waals surface area contributed by atoms with Gasteiger partial charge in [0.1, 0.15) is 0 Å². The van der Waals surface area contributed by atoms with Gasteiger partial charge >= 0.3 is 0 Å². The molecule has 1 rings (SSSR count). The number of hydrogen-bond acceptors (Lipinski definition) is 1. The van der Waals surface area contributed by atoms with Gasteiger partial charge in [-0.2, -0.15) is 0 Å². The summed E-state index contributed by atoms with van der Waals surface area (Å²) in [7, 11) is 2.22. The molecule has 0 aromatic carbocycles. The molecule has 0 aromatic heterocycles. The van der Waals surface area contributed by atoms with Crippen LogP contribution in [-0.4, -0.2) is 18.5 Å². The Balaban J connectivity index is 2.93. The molecule has 1 aliphatic rings. The van der Waals surface area contributed by atoms with Crippen molar-refractivity contribution in [2.24, 2.45) is 5.92 Å². The van der Waals surface area contributed by atoms with Crippen LogP contribution in [0.15, 0.2) is 22.9 Å². The molecule has 1 aliphatic heterocycles. The first-order chi connectivity index (χ1) is 6.52. The molecule has 1 heteroatoms. The maximum absolute atomic E-state index is 2.42. The first-order valence-electron chi connectivity index (χ1n) is 5.56. The largest absolute Gasteiger partial charge is 0.377 e. The summed E-state index contributed by atoms with van der Waals surface area (Å²) in [4.78, 5) is 2.42. The molecule has 0 fully saturated rings. The zero-order valence-corrected chi connectivity index (χ0v) is 10.2. The third-order valence-corrected chi connectivity index (χ3v) is 2.98. The van der Waals surface area contributed by atoms with Crippen molar-refractivity contribution >= 4 is 0 Å². The highest BCUT2D eigenvalue weighted by molar-refractivity contribution is 5.16. The van der Waals surface area contributed by atoms with Crippen molar-refractivity contribution in [3.63, 3.8) is 0 Å². The molecule has 0 amide bonds. The smallest absolute Gasteiger partial charge is 0.0206 e. The quantitative estimate of drug-likeness (QED) is 0.531. The summed E-state index contributed by atoms with van der Waals surface area (Å²) in [6.45, 7) is 10.2. The molecule has 1 nitrogen and oxygen atoms in total. The van der Waals surface area contributed by atoms with Crippen LogP contribution in [0.5, 0.6) is 0 Å². The van der Waals surface area contributed by atoms with E-state index in [4.69, 9.17) is 0 Å². The van der Waals surface area contributed by atoms with Gasteiger partial charge in [-0.1, -0.05) is 24.1 Å². The number of rotatable bonds is 0. The van der Waals surface area contributed by atoms with Crippen LogP contribution < -0.4 is 0 Å². The predicted molar refractivity (Wildman–Crippen MR) is 63.2 cm³/mol. The van der Waals surface area contributed by atoms with Crippen molar-refractivity contribution in [1.29, 1.82) is 0 Å². The monoisotopic (exact) mass is 193 g/mol. The van der Waals surface area contributed by atoms with E-state index in [1.807, 2.05) is 0 Å². The number of hydrogen-bond donors (Lipinski definition) is 0. The van der Waals surface area contributed by atoms with Crippen LogP contribution in [0.3, 0.4) is 0 Å². The Morgan fingerprint density at radius 2 is 2.07 bits per heavy atom. The minimum Gasteiger partial charge on any atom is -0.377 e. The highest BCUT2D eigenvalue weighted by Crippen LogP contribution is 2.26. The van der Waals surface area contributed by atoms with E-state index in [0.29, 0.717) is 5.92 Å².